The lowest BCUT2D eigenvalue weighted by Crippen LogP contribution is -2.16. The van der Waals surface area contributed by atoms with Crippen LogP contribution in [-0.2, 0) is 0 Å². The summed E-state index contributed by atoms with van der Waals surface area (Å²) >= 11 is 1.32. The lowest BCUT2D eigenvalue weighted by molar-refractivity contribution is 0.0967. The summed E-state index contributed by atoms with van der Waals surface area (Å²) in [6, 6.07) is 3.68. The molecule has 122 valence electrons. The molecular weight excluding hydrogens is 316 g/mol. The normalized spacial score (nSPS) is 10.6. The third-order valence-corrected chi connectivity index (χ3v) is 4.04. The smallest absolute Gasteiger partial charge is 0.262 e. The Balaban J connectivity index is 2.28. The summed E-state index contributed by atoms with van der Waals surface area (Å²) in [4.78, 5) is 16.3. The van der Waals surface area contributed by atoms with E-state index in [-0.39, 0.29) is 5.91 Å². The molecular formula is C16H18N2O4S. The van der Waals surface area contributed by atoms with Gasteiger partial charge in [0.25, 0.3) is 5.91 Å². The number of nitrogens with one attached hydrogen (secondary N) is 1. The molecule has 0 saturated heterocycles. The molecule has 6 nitrogen and oxygen atoms in total. The average Bonchev–Trinajstić information content (AvgIpc) is 3.07. The number of hydrogen-bond acceptors (Lipinski definition) is 6. The zero-order valence-corrected chi connectivity index (χ0v) is 14.2. The lowest BCUT2D eigenvalue weighted by atomic mass is 10.1. The van der Waals surface area contributed by atoms with Crippen LogP contribution in [0.5, 0.6) is 17.2 Å². The van der Waals surface area contributed by atoms with Gasteiger partial charge < -0.3 is 19.5 Å². The van der Waals surface area contributed by atoms with Crippen LogP contribution in [0.4, 0.5) is 0 Å². The zero-order chi connectivity index (χ0) is 16.8. The van der Waals surface area contributed by atoms with Gasteiger partial charge in [-0.05, 0) is 23.8 Å². The van der Waals surface area contributed by atoms with Crippen LogP contribution in [-0.4, -0.2) is 39.3 Å². The minimum absolute atomic E-state index is 0.144. The van der Waals surface area contributed by atoms with Gasteiger partial charge in [0.15, 0.2) is 11.5 Å². The van der Waals surface area contributed by atoms with Crippen LogP contribution in [0.25, 0.3) is 12.2 Å². The number of carbonyl (C=O) groups excluding carboxylic acids is 1. The number of aromatic nitrogens is 1. The summed E-state index contributed by atoms with van der Waals surface area (Å²) in [5, 5.41) is 3.31. The maximum Gasteiger partial charge on any atom is 0.262 e. The summed E-state index contributed by atoms with van der Waals surface area (Å²) in [5.41, 5.74) is 0.871. The van der Waals surface area contributed by atoms with Crippen molar-refractivity contribution in [3.05, 3.63) is 33.8 Å². The van der Waals surface area contributed by atoms with Crippen LogP contribution in [0, 0.1) is 0 Å². The first-order valence-corrected chi connectivity index (χ1v) is 7.60. The fourth-order valence-electron chi connectivity index (χ4n) is 1.96. The molecule has 0 atom stereocenters. The Bertz CT molecular complexity index is 700. The number of carbonyl (C=O) groups is 1. The van der Waals surface area contributed by atoms with E-state index >= 15 is 0 Å². The molecule has 0 aliphatic heterocycles. The average molecular weight is 334 g/mol. The first kappa shape index (κ1) is 16.8. The van der Waals surface area contributed by atoms with Crippen molar-refractivity contribution in [2.75, 3.05) is 28.4 Å². The number of thiazole rings is 1. The van der Waals surface area contributed by atoms with Crippen LogP contribution < -0.4 is 19.5 Å². The zero-order valence-electron chi connectivity index (χ0n) is 13.4. The number of ether oxygens (including phenoxy) is 3. The topological polar surface area (TPSA) is 69.7 Å². The first-order chi connectivity index (χ1) is 11.1. The van der Waals surface area contributed by atoms with Gasteiger partial charge in [-0.1, -0.05) is 6.08 Å². The Hall–Kier alpha value is -2.54. The Morgan fingerprint density at radius 3 is 2.30 bits per heavy atom. The predicted molar refractivity (Wildman–Crippen MR) is 90.5 cm³/mol. The third-order valence-electron chi connectivity index (χ3n) is 3.08. The molecule has 0 aliphatic carbocycles. The molecule has 1 N–H and O–H groups in total. The summed E-state index contributed by atoms with van der Waals surface area (Å²) in [6.07, 6.45) is 5.26. The molecule has 2 rings (SSSR count). The Labute approximate surface area is 138 Å². The first-order valence-electron chi connectivity index (χ1n) is 6.79. The van der Waals surface area contributed by atoms with E-state index in [0.29, 0.717) is 22.1 Å². The van der Waals surface area contributed by atoms with Crippen LogP contribution >= 0.6 is 11.3 Å². The monoisotopic (exact) mass is 334 g/mol. The second-order valence-corrected chi connectivity index (χ2v) is 5.50. The molecule has 0 unspecified atom stereocenters. The summed E-state index contributed by atoms with van der Waals surface area (Å²) < 4.78 is 15.9. The van der Waals surface area contributed by atoms with Gasteiger partial charge in [-0.3, -0.25) is 4.79 Å². The van der Waals surface area contributed by atoms with Gasteiger partial charge in [0, 0.05) is 7.05 Å². The van der Waals surface area contributed by atoms with E-state index in [1.807, 2.05) is 24.3 Å². The molecule has 1 heterocycles. The summed E-state index contributed by atoms with van der Waals surface area (Å²) in [6.45, 7) is 0. The molecule has 23 heavy (non-hydrogen) atoms. The Kier molecular flexibility index (Phi) is 5.59. The van der Waals surface area contributed by atoms with E-state index < -0.39 is 0 Å². The van der Waals surface area contributed by atoms with Crippen molar-refractivity contribution < 1.29 is 19.0 Å². The van der Waals surface area contributed by atoms with Crippen LogP contribution in [0.1, 0.15) is 20.2 Å². The minimum atomic E-state index is -0.144. The second kappa shape index (κ2) is 7.64. The Morgan fingerprint density at radius 2 is 1.78 bits per heavy atom. The van der Waals surface area contributed by atoms with Crippen molar-refractivity contribution in [1.29, 1.82) is 0 Å². The van der Waals surface area contributed by atoms with E-state index in [1.165, 1.54) is 11.3 Å². The highest BCUT2D eigenvalue weighted by molar-refractivity contribution is 7.14. The van der Waals surface area contributed by atoms with E-state index in [4.69, 9.17) is 14.2 Å². The minimum Gasteiger partial charge on any atom is -0.493 e. The molecule has 1 aromatic heterocycles. The van der Waals surface area contributed by atoms with Crippen LogP contribution in [0.3, 0.4) is 0 Å². The number of benzene rings is 1. The molecule has 7 heteroatoms. The van der Waals surface area contributed by atoms with E-state index in [9.17, 15) is 4.79 Å². The highest BCUT2D eigenvalue weighted by atomic mass is 32.1. The van der Waals surface area contributed by atoms with Crippen LogP contribution in [0.15, 0.2) is 18.3 Å². The van der Waals surface area contributed by atoms with E-state index in [1.54, 1.807) is 34.6 Å². The lowest BCUT2D eigenvalue weighted by Gasteiger charge is -2.12. The van der Waals surface area contributed by atoms with Crippen molar-refractivity contribution in [2.45, 2.75) is 0 Å². The van der Waals surface area contributed by atoms with Crippen molar-refractivity contribution in [1.82, 2.24) is 10.3 Å². The van der Waals surface area contributed by atoms with Crippen molar-refractivity contribution in [2.24, 2.45) is 0 Å². The summed E-state index contributed by atoms with van der Waals surface area (Å²) in [5.74, 6) is 1.56. The van der Waals surface area contributed by atoms with Gasteiger partial charge in [-0.15, -0.1) is 11.3 Å². The van der Waals surface area contributed by atoms with Crippen molar-refractivity contribution in [3.8, 4) is 17.2 Å². The molecule has 0 spiro atoms. The van der Waals surface area contributed by atoms with Gasteiger partial charge in [-0.2, -0.15) is 0 Å². The third kappa shape index (κ3) is 3.81. The number of nitrogens with zero attached hydrogens (tertiary/aromatic N) is 1. The number of hydrogen-bond donors (Lipinski definition) is 1. The van der Waals surface area contributed by atoms with Gasteiger partial charge in [0.1, 0.15) is 9.88 Å². The fourth-order valence-corrected chi connectivity index (χ4v) is 2.72. The number of methoxy groups -OCH3 is 3. The van der Waals surface area contributed by atoms with Gasteiger partial charge in [0.05, 0.1) is 27.5 Å². The molecule has 2 aromatic rings. The fraction of sp³-hybridized carbons (Fsp3) is 0.250. The highest BCUT2D eigenvalue weighted by Gasteiger charge is 2.12. The maximum absolute atomic E-state index is 11.5. The van der Waals surface area contributed by atoms with E-state index in [0.717, 1.165) is 10.6 Å². The molecule has 1 amide bonds. The molecule has 0 fully saturated rings. The molecule has 0 bridgehead atoms. The number of amides is 1. The predicted octanol–water partition coefficient (Wildman–Crippen LogP) is 2.70. The SMILES string of the molecule is CNC(=O)c1cnc(/C=C\c2cc(OC)c(OC)c(OC)c2)s1. The van der Waals surface area contributed by atoms with E-state index in [2.05, 4.69) is 10.3 Å². The van der Waals surface area contributed by atoms with Gasteiger partial charge in [0.2, 0.25) is 5.75 Å². The quantitative estimate of drug-likeness (QED) is 0.879. The maximum atomic E-state index is 11.5. The van der Waals surface area contributed by atoms with Gasteiger partial charge >= 0.3 is 0 Å². The molecule has 0 radical (unpaired) electrons. The number of rotatable bonds is 6. The second-order valence-electron chi connectivity index (χ2n) is 4.43. The highest BCUT2D eigenvalue weighted by Crippen LogP contribution is 2.38. The van der Waals surface area contributed by atoms with Crippen molar-refractivity contribution >= 4 is 29.4 Å². The molecule has 1 aromatic carbocycles. The summed E-state index contributed by atoms with van der Waals surface area (Å²) in [7, 11) is 6.29. The van der Waals surface area contributed by atoms with Gasteiger partial charge in [-0.25, -0.2) is 4.98 Å². The molecule has 0 aliphatic rings. The molecule has 0 saturated carbocycles. The standard InChI is InChI=1S/C16H18N2O4S/c1-17-16(19)13-9-18-14(23-13)6-5-10-7-11(20-2)15(22-4)12(8-10)21-3/h5-9H,1-4H3,(H,17,19)/b6-5-. The largest absolute Gasteiger partial charge is 0.493 e. The Morgan fingerprint density at radius 1 is 1.13 bits per heavy atom. The van der Waals surface area contributed by atoms with Crippen LogP contribution in [0.2, 0.25) is 0 Å². The van der Waals surface area contributed by atoms with Crippen molar-refractivity contribution in [3.63, 3.8) is 0 Å².